The first kappa shape index (κ1) is 15.1. The molecule has 0 fully saturated rings. The summed E-state index contributed by atoms with van der Waals surface area (Å²) in [6.07, 6.45) is 8.91. The molecule has 0 radical (unpaired) electrons. The number of hydrogen-bond donors (Lipinski definition) is 0. The van der Waals surface area contributed by atoms with Crippen LogP contribution in [0.3, 0.4) is 0 Å². The molecule has 0 spiro atoms. The van der Waals surface area contributed by atoms with E-state index in [0.717, 1.165) is 12.2 Å². The summed E-state index contributed by atoms with van der Waals surface area (Å²) in [5.41, 5.74) is 8.28. The highest BCUT2D eigenvalue weighted by Gasteiger charge is 2.41. The predicted octanol–water partition coefficient (Wildman–Crippen LogP) is 5.80. The topological polar surface area (TPSA) is 9.23 Å². The van der Waals surface area contributed by atoms with Crippen molar-refractivity contribution in [1.82, 2.24) is 0 Å². The van der Waals surface area contributed by atoms with Crippen LogP contribution in [0.25, 0.3) is 5.57 Å². The Hall–Kier alpha value is -1.50. The van der Waals surface area contributed by atoms with Crippen molar-refractivity contribution in [1.29, 1.82) is 0 Å². The monoisotopic (exact) mass is 308 g/mol. The van der Waals surface area contributed by atoms with Gasteiger partial charge >= 0.3 is 0 Å². The summed E-state index contributed by atoms with van der Waals surface area (Å²) in [6, 6.07) is 6.67. The van der Waals surface area contributed by atoms with Crippen LogP contribution in [0.15, 0.2) is 35.4 Å². The van der Waals surface area contributed by atoms with Gasteiger partial charge in [0.1, 0.15) is 5.75 Å². The Labute approximate surface area is 140 Å². The summed E-state index contributed by atoms with van der Waals surface area (Å²) in [4.78, 5) is 0. The fourth-order valence-corrected chi connectivity index (χ4v) is 5.05. The molecule has 1 nitrogen and oxygen atoms in total. The van der Waals surface area contributed by atoms with Gasteiger partial charge in [0.05, 0.1) is 7.11 Å². The molecule has 23 heavy (non-hydrogen) atoms. The molecule has 0 aliphatic heterocycles. The van der Waals surface area contributed by atoms with Gasteiger partial charge < -0.3 is 4.74 Å². The Bertz CT molecular complexity index is 705. The molecule has 122 valence electrons. The van der Waals surface area contributed by atoms with Crippen LogP contribution in [0.5, 0.6) is 5.75 Å². The summed E-state index contributed by atoms with van der Waals surface area (Å²) >= 11 is 0. The van der Waals surface area contributed by atoms with Gasteiger partial charge in [0, 0.05) is 0 Å². The summed E-state index contributed by atoms with van der Waals surface area (Å²) in [6.45, 7) is 7.38. The molecule has 2 atom stereocenters. The van der Waals surface area contributed by atoms with Gasteiger partial charge in [0.15, 0.2) is 0 Å². The molecular formula is C22H28O. The van der Waals surface area contributed by atoms with Crippen LogP contribution in [0.1, 0.15) is 57.6 Å². The maximum atomic E-state index is 5.51. The van der Waals surface area contributed by atoms with E-state index in [0.29, 0.717) is 17.3 Å². The number of benzene rings is 1. The summed E-state index contributed by atoms with van der Waals surface area (Å²) in [5.74, 6) is 2.40. The number of methoxy groups -OCH3 is 1. The van der Waals surface area contributed by atoms with Crippen molar-refractivity contribution in [3.8, 4) is 5.75 Å². The first-order chi connectivity index (χ1) is 11.0. The number of ether oxygens (including phenoxy) is 1. The van der Waals surface area contributed by atoms with E-state index in [1.165, 1.54) is 36.8 Å². The lowest BCUT2D eigenvalue weighted by Gasteiger charge is -2.39. The van der Waals surface area contributed by atoms with Gasteiger partial charge in [-0.3, -0.25) is 0 Å². The molecule has 1 aromatic rings. The summed E-state index contributed by atoms with van der Waals surface area (Å²) < 4.78 is 5.51. The average Bonchev–Trinajstić information content (AvgIpc) is 2.84. The van der Waals surface area contributed by atoms with Crippen molar-refractivity contribution >= 4 is 5.57 Å². The zero-order valence-electron chi connectivity index (χ0n) is 14.9. The third-order valence-corrected chi connectivity index (χ3v) is 6.53. The quantitative estimate of drug-likeness (QED) is 0.637. The van der Waals surface area contributed by atoms with Gasteiger partial charge in [0.2, 0.25) is 0 Å². The molecule has 0 N–H and O–H groups in total. The van der Waals surface area contributed by atoms with E-state index in [1.807, 2.05) is 0 Å². The molecule has 3 aliphatic carbocycles. The second kappa shape index (κ2) is 5.26. The third kappa shape index (κ3) is 2.28. The molecule has 0 saturated heterocycles. The normalized spacial score (nSPS) is 28.4. The van der Waals surface area contributed by atoms with Crippen LogP contribution < -0.4 is 4.74 Å². The molecule has 0 unspecified atom stereocenters. The number of rotatable bonds is 1. The minimum absolute atomic E-state index is 0.424. The lowest BCUT2D eigenvalue weighted by atomic mass is 9.65. The van der Waals surface area contributed by atoms with Crippen molar-refractivity contribution < 1.29 is 4.74 Å². The fraction of sp³-hybridized carbons (Fsp3) is 0.545. The van der Waals surface area contributed by atoms with Crippen molar-refractivity contribution in [3.63, 3.8) is 0 Å². The van der Waals surface area contributed by atoms with Crippen LogP contribution in [-0.4, -0.2) is 7.11 Å². The Morgan fingerprint density at radius 2 is 2.00 bits per heavy atom. The second-order valence-corrected chi connectivity index (χ2v) is 8.32. The van der Waals surface area contributed by atoms with E-state index in [-0.39, 0.29) is 0 Å². The average molecular weight is 308 g/mol. The predicted molar refractivity (Wildman–Crippen MR) is 96.6 cm³/mol. The minimum Gasteiger partial charge on any atom is -0.497 e. The Kier molecular flexibility index (Phi) is 3.44. The molecule has 1 heteroatoms. The maximum absolute atomic E-state index is 5.51. The molecule has 3 aliphatic rings. The number of allylic oxidation sites excluding steroid dienone is 4. The zero-order valence-corrected chi connectivity index (χ0v) is 14.9. The first-order valence-corrected chi connectivity index (χ1v) is 9.12. The van der Waals surface area contributed by atoms with Crippen molar-refractivity contribution in [3.05, 3.63) is 46.5 Å². The minimum atomic E-state index is 0.424. The van der Waals surface area contributed by atoms with Gasteiger partial charge in [-0.05, 0) is 83.8 Å². The Morgan fingerprint density at radius 3 is 2.78 bits per heavy atom. The molecule has 0 bridgehead atoms. The van der Waals surface area contributed by atoms with Gasteiger partial charge in [0.25, 0.3) is 0 Å². The van der Waals surface area contributed by atoms with Crippen LogP contribution in [-0.2, 0) is 6.42 Å². The fourth-order valence-electron chi connectivity index (χ4n) is 5.05. The van der Waals surface area contributed by atoms with Crippen molar-refractivity contribution in [2.75, 3.05) is 7.11 Å². The van der Waals surface area contributed by atoms with E-state index in [1.54, 1.807) is 23.8 Å². The number of hydrogen-bond acceptors (Lipinski definition) is 1. The summed E-state index contributed by atoms with van der Waals surface area (Å²) in [7, 11) is 1.77. The van der Waals surface area contributed by atoms with Gasteiger partial charge in [-0.2, -0.15) is 0 Å². The number of fused-ring (bicyclic) bond motifs is 4. The maximum Gasteiger partial charge on any atom is 0.119 e. The van der Waals surface area contributed by atoms with E-state index in [4.69, 9.17) is 4.74 Å². The van der Waals surface area contributed by atoms with Crippen LogP contribution >= 0.6 is 0 Å². The van der Waals surface area contributed by atoms with Crippen LogP contribution in [0.2, 0.25) is 0 Å². The van der Waals surface area contributed by atoms with E-state index in [9.17, 15) is 0 Å². The van der Waals surface area contributed by atoms with Gasteiger partial charge in [-0.25, -0.2) is 0 Å². The van der Waals surface area contributed by atoms with Gasteiger partial charge in [-0.1, -0.05) is 38.5 Å². The third-order valence-electron chi connectivity index (χ3n) is 6.53. The molecule has 0 saturated carbocycles. The van der Waals surface area contributed by atoms with Gasteiger partial charge in [-0.15, -0.1) is 0 Å². The molecular weight excluding hydrogens is 280 g/mol. The highest BCUT2D eigenvalue weighted by molar-refractivity contribution is 5.88. The first-order valence-electron chi connectivity index (χ1n) is 9.12. The van der Waals surface area contributed by atoms with E-state index >= 15 is 0 Å². The Morgan fingerprint density at radius 1 is 1.17 bits per heavy atom. The molecule has 4 rings (SSSR count). The lowest BCUT2D eigenvalue weighted by Crippen LogP contribution is -2.28. The molecule has 0 aromatic heterocycles. The van der Waals surface area contributed by atoms with Crippen molar-refractivity contribution in [2.24, 2.45) is 17.3 Å². The van der Waals surface area contributed by atoms with Crippen LogP contribution in [0, 0.1) is 17.3 Å². The molecule has 0 heterocycles. The van der Waals surface area contributed by atoms with Crippen molar-refractivity contribution in [2.45, 2.75) is 52.9 Å². The van der Waals surface area contributed by atoms with E-state index in [2.05, 4.69) is 45.0 Å². The SMILES string of the molecule is COc1ccc2c(c1)C1=C(C2)[C@H](C)CC[C@@H]2C1=CCCC2(C)C. The second-order valence-electron chi connectivity index (χ2n) is 8.32. The highest BCUT2D eigenvalue weighted by Crippen LogP contribution is 2.55. The van der Waals surface area contributed by atoms with E-state index < -0.39 is 0 Å². The largest absolute Gasteiger partial charge is 0.497 e. The standard InChI is InChI=1S/C22H28O/c1-14-7-10-20-17(6-5-11-22(20,2)3)21-18(14)12-15-8-9-16(23-4)13-19(15)21/h6,8-9,13-14,20H,5,7,10-12H2,1-4H3/t14-,20-/m1/s1. The smallest absolute Gasteiger partial charge is 0.119 e. The lowest BCUT2D eigenvalue weighted by molar-refractivity contribution is 0.204. The molecule has 1 aromatic carbocycles. The Balaban J connectivity index is 1.89. The summed E-state index contributed by atoms with van der Waals surface area (Å²) in [5, 5.41) is 0. The van der Waals surface area contributed by atoms with Crippen LogP contribution in [0.4, 0.5) is 0 Å². The highest BCUT2D eigenvalue weighted by atomic mass is 16.5. The zero-order chi connectivity index (χ0) is 16.2. The molecule has 0 amide bonds.